The van der Waals surface area contributed by atoms with Gasteiger partial charge in [-0.2, -0.15) is 4.31 Å². The maximum atomic E-state index is 13.3. The first kappa shape index (κ1) is 19.9. The van der Waals surface area contributed by atoms with Crippen LogP contribution >= 0.6 is 0 Å². The second-order valence-electron chi connectivity index (χ2n) is 6.54. The molecule has 1 aliphatic rings. The number of fused-ring (bicyclic) bond motifs is 1. The fourth-order valence-corrected chi connectivity index (χ4v) is 4.56. The lowest BCUT2D eigenvalue weighted by molar-refractivity contribution is -0.116. The number of nitrogens with one attached hydrogen (secondary N) is 1. The van der Waals surface area contributed by atoms with Crippen LogP contribution in [0.1, 0.15) is 0 Å². The number of benzene rings is 2. The van der Waals surface area contributed by atoms with Gasteiger partial charge in [0.1, 0.15) is 16.5 Å². The molecule has 7 nitrogen and oxygen atoms in total. The summed E-state index contributed by atoms with van der Waals surface area (Å²) in [6, 6.07) is 13.5. The van der Waals surface area contributed by atoms with Crippen molar-refractivity contribution in [3.8, 4) is 0 Å². The number of carbonyl (C=O) groups is 1. The van der Waals surface area contributed by atoms with Gasteiger partial charge in [0.2, 0.25) is 15.9 Å². The summed E-state index contributed by atoms with van der Waals surface area (Å²) in [5, 5.41) is 2.54. The molecule has 1 aliphatic heterocycles. The van der Waals surface area contributed by atoms with Gasteiger partial charge in [0.25, 0.3) is 0 Å². The molecule has 2 heterocycles. The second-order valence-corrected chi connectivity index (χ2v) is 8.45. The first-order valence-corrected chi connectivity index (χ1v) is 10.3. The summed E-state index contributed by atoms with van der Waals surface area (Å²) in [5.74, 6) is -1.28. The van der Waals surface area contributed by atoms with Crippen LogP contribution in [0, 0.1) is 11.6 Å². The Morgan fingerprint density at radius 1 is 1.00 bits per heavy atom. The Morgan fingerprint density at radius 3 is 2.30 bits per heavy atom. The minimum atomic E-state index is -3.99. The lowest BCUT2D eigenvalue weighted by Gasteiger charge is -2.36. The van der Waals surface area contributed by atoms with Crippen LogP contribution in [0.3, 0.4) is 0 Å². The number of rotatable bonds is 4. The van der Waals surface area contributed by atoms with Crippen molar-refractivity contribution < 1.29 is 22.0 Å². The number of anilines is 3. The summed E-state index contributed by atoms with van der Waals surface area (Å²) in [6.07, 6.45) is 1.46. The monoisotopic (exact) mass is 430 g/mol. The number of sulfonamides is 1. The molecular weight excluding hydrogens is 414 g/mol. The Kier molecular flexibility index (Phi) is 5.18. The fraction of sp³-hybridized carbons (Fsp3) is 0.100. The van der Waals surface area contributed by atoms with E-state index in [1.54, 1.807) is 4.90 Å². The highest BCUT2D eigenvalue weighted by molar-refractivity contribution is 7.89. The van der Waals surface area contributed by atoms with Gasteiger partial charge in [0.05, 0.1) is 13.2 Å². The number of amides is 1. The average Bonchev–Trinajstić information content (AvgIpc) is 2.73. The summed E-state index contributed by atoms with van der Waals surface area (Å²) < 4.78 is 53.4. The van der Waals surface area contributed by atoms with E-state index in [0.717, 1.165) is 4.31 Å². The second kappa shape index (κ2) is 7.81. The van der Waals surface area contributed by atoms with Crippen molar-refractivity contribution in [1.29, 1.82) is 0 Å². The summed E-state index contributed by atoms with van der Waals surface area (Å²) in [7, 11) is -3.99. The van der Waals surface area contributed by atoms with Crippen molar-refractivity contribution in [3.63, 3.8) is 0 Å². The number of hydrogen-bond donors (Lipinski definition) is 1. The number of pyridine rings is 1. The molecule has 2 aromatic carbocycles. The molecule has 0 saturated heterocycles. The predicted octanol–water partition coefficient (Wildman–Crippen LogP) is 3.10. The Bertz CT molecular complexity index is 1190. The van der Waals surface area contributed by atoms with Crippen LogP contribution in [0.15, 0.2) is 71.8 Å². The summed E-state index contributed by atoms with van der Waals surface area (Å²) in [6.45, 7) is -0.652. The highest BCUT2D eigenvalue weighted by atomic mass is 32.2. The van der Waals surface area contributed by atoms with Crippen molar-refractivity contribution in [3.05, 3.63) is 78.5 Å². The zero-order chi connectivity index (χ0) is 21.3. The number of hydrogen-bond acceptors (Lipinski definition) is 5. The Morgan fingerprint density at radius 2 is 1.63 bits per heavy atom. The number of aromatic nitrogens is 1. The molecule has 4 rings (SSSR count). The maximum Gasteiger partial charge on any atom is 0.248 e. The van der Waals surface area contributed by atoms with Crippen LogP contribution in [-0.4, -0.2) is 36.8 Å². The molecule has 10 heteroatoms. The van der Waals surface area contributed by atoms with Crippen molar-refractivity contribution in [1.82, 2.24) is 9.29 Å². The van der Waals surface area contributed by atoms with E-state index in [0.29, 0.717) is 11.4 Å². The van der Waals surface area contributed by atoms with E-state index in [-0.39, 0.29) is 17.4 Å². The van der Waals surface area contributed by atoms with Gasteiger partial charge in [-0.3, -0.25) is 4.79 Å². The standard InChI is InChI=1S/C20H16F2N4O3S/c21-14-3-7-16(8-4-14)24-19(27)12-25-13-26(17-9-5-15(22)6-10-17)20-18(30(25,28)29)2-1-11-23-20/h1-11H,12-13H2,(H,24,27). The highest BCUT2D eigenvalue weighted by Crippen LogP contribution is 2.35. The summed E-state index contributed by atoms with van der Waals surface area (Å²) >= 11 is 0. The Labute approximate surface area is 171 Å². The minimum Gasteiger partial charge on any atom is -0.325 e. The van der Waals surface area contributed by atoms with Gasteiger partial charge < -0.3 is 10.2 Å². The van der Waals surface area contributed by atoms with E-state index in [4.69, 9.17) is 0 Å². The van der Waals surface area contributed by atoms with Gasteiger partial charge in [-0.15, -0.1) is 0 Å². The number of nitrogens with zero attached hydrogens (tertiary/aromatic N) is 3. The molecule has 0 bridgehead atoms. The van der Waals surface area contributed by atoms with Crippen LogP contribution in [0.5, 0.6) is 0 Å². The quantitative estimate of drug-likeness (QED) is 0.688. The molecule has 154 valence electrons. The van der Waals surface area contributed by atoms with Crippen LogP contribution in [0.2, 0.25) is 0 Å². The zero-order valence-corrected chi connectivity index (χ0v) is 16.3. The Hall–Kier alpha value is -3.37. The van der Waals surface area contributed by atoms with Gasteiger partial charge >= 0.3 is 0 Å². The Balaban J connectivity index is 1.64. The molecule has 0 atom stereocenters. The van der Waals surface area contributed by atoms with E-state index >= 15 is 0 Å². The van der Waals surface area contributed by atoms with E-state index in [2.05, 4.69) is 10.3 Å². The topological polar surface area (TPSA) is 82.6 Å². The molecule has 0 aliphatic carbocycles. The lowest BCUT2D eigenvalue weighted by atomic mass is 10.2. The highest BCUT2D eigenvalue weighted by Gasteiger charge is 2.37. The zero-order valence-electron chi connectivity index (χ0n) is 15.5. The molecule has 30 heavy (non-hydrogen) atoms. The van der Waals surface area contributed by atoms with Crippen molar-refractivity contribution >= 4 is 33.1 Å². The SMILES string of the molecule is O=C(CN1CN(c2ccc(F)cc2)c2ncccc2S1(=O)=O)Nc1ccc(F)cc1. The summed E-state index contributed by atoms with van der Waals surface area (Å²) in [5.41, 5.74) is 0.864. The van der Waals surface area contributed by atoms with E-state index < -0.39 is 34.1 Å². The smallest absolute Gasteiger partial charge is 0.248 e. The van der Waals surface area contributed by atoms with Crippen molar-refractivity contribution in [2.75, 3.05) is 23.4 Å². The summed E-state index contributed by atoms with van der Waals surface area (Å²) in [4.78, 5) is 18.2. The van der Waals surface area contributed by atoms with Gasteiger partial charge in [0, 0.05) is 17.6 Å². The van der Waals surface area contributed by atoms with Gasteiger partial charge in [0.15, 0.2) is 5.82 Å². The molecule has 0 spiro atoms. The molecule has 0 radical (unpaired) electrons. The molecular formula is C20H16F2N4O3S. The molecule has 1 N–H and O–H groups in total. The first-order chi connectivity index (χ1) is 14.3. The molecule has 0 fully saturated rings. The van der Waals surface area contributed by atoms with E-state index in [9.17, 15) is 22.0 Å². The van der Waals surface area contributed by atoms with Crippen LogP contribution in [-0.2, 0) is 14.8 Å². The molecule has 1 aromatic heterocycles. The van der Waals surface area contributed by atoms with Crippen molar-refractivity contribution in [2.24, 2.45) is 0 Å². The predicted molar refractivity (Wildman–Crippen MR) is 107 cm³/mol. The van der Waals surface area contributed by atoms with Crippen molar-refractivity contribution in [2.45, 2.75) is 4.90 Å². The van der Waals surface area contributed by atoms with Crippen LogP contribution < -0.4 is 10.2 Å². The average molecular weight is 430 g/mol. The minimum absolute atomic E-state index is 0.0600. The van der Waals surface area contributed by atoms with Crippen LogP contribution in [0.25, 0.3) is 0 Å². The third-order valence-corrected chi connectivity index (χ3v) is 6.31. The third-order valence-electron chi connectivity index (χ3n) is 4.51. The molecule has 0 unspecified atom stereocenters. The lowest BCUT2D eigenvalue weighted by Crippen LogP contribution is -2.47. The van der Waals surface area contributed by atoms with E-state index in [1.165, 1.54) is 66.9 Å². The molecule has 0 saturated carbocycles. The van der Waals surface area contributed by atoms with Gasteiger partial charge in [-0.25, -0.2) is 22.2 Å². The third kappa shape index (κ3) is 3.87. The first-order valence-electron chi connectivity index (χ1n) is 8.88. The molecule has 3 aromatic rings. The number of carbonyl (C=O) groups excluding carboxylic acids is 1. The number of halogens is 2. The van der Waals surface area contributed by atoms with Crippen LogP contribution in [0.4, 0.5) is 26.0 Å². The van der Waals surface area contributed by atoms with Gasteiger partial charge in [-0.05, 0) is 60.7 Å². The van der Waals surface area contributed by atoms with Gasteiger partial charge in [-0.1, -0.05) is 0 Å². The maximum absolute atomic E-state index is 13.3. The molecule has 1 amide bonds. The van der Waals surface area contributed by atoms with E-state index in [1.807, 2.05) is 0 Å². The largest absolute Gasteiger partial charge is 0.325 e. The fourth-order valence-electron chi connectivity index (χ4n) is 3.08. The normalized spacial score (nSPS) is 15.5.